The third-order valence-corrected chi connectivity index (χ3v) is 3.27. The van der Waals surface area contributed by atoms with Crippen molar-refractivity contribution in [1.82, 2.24) is 0 Å². The zero-order chi connectivity index (χ0) is 14.1. The summed E-state index contributed by atoms with van der Waals surface area (Å²) in [4.78, 5) is 15.9. The quantitative estimate of drug-likeness (QED) is 0.434. The van der Waals surface area contributed by atoms with Gasteiger partial charge < -0.3 is 4.74 Å². The highest BCUT2D eigenvalue weighted by Crippen LogP contribution is 2.12. The summed E-state index contributed by atoms with van der Waals surface area (Å²) in [6.45, 7) is 2.91. The zero-order valence-electron chi connectivity index (χ0n) is 11.5. The number of hydrogen-bond acceptors (Lipinski definition) is 3. The molecule has 19 heavy (non-hydrogen) atoms. The van der Waals surface area contributed by atoms with Crippen molar-refractivity contribution in [3.63, 3.8) is 0 Å². The number of carbonyl (C=O) groups is 1. The molecular formula is C15H20BrNO2. The second-order valence-electron chi connectivity index (χ2n) is 4.36. The fourth-order valence-electron chi connectivity index (χ4n) is 1.65. The van der Waals surface area contributed by atoms with E-state index in [1.165, 1.54) is 7.11 Å². The van der Waals surface area contributed by atoms with Crippen LogP contribution in [0.15, 0.2) is 33.7 Å². The van der Waals surface area contributed by atoms with Gasteiger partial charge in [-0.3, -0.25) is 9.79 Å². The van der Waals surface area contributed by atoms with Gasteiger partial charge in [0.1, 0.15) is 0 Å². The number of ether oxygens (including phenoxy) is 1. The maximum atomic E-state index is 11.4. The molecule has 0 heterocycles. The van der Waals surface area contributed by atoms with E-state index >= 15 is 0 Å². The first-order valence-corrected chi connectivity index (χ1v) is 7.28. The molecule has 0 aliphatic heterocycles. The number of unbranched alkanes of at least 4 members (excludes halogenated alkanes) is 1. The fraction of sp³-hybridized carbons (Fsp3) is 0.467. The number of rotatable bonds is 7. The largest absolute Gasteiger partial charge is 0.469 e. The molecular weight excluding hydrogens is 306 g/mol. The molecule has 0 N–H and O–H groups in total. The Balaban J connectivity index is 2.69. The van der Waals surface area contributed by atoms with Crippen molar-refractivity contribution in [2.24, 2.45) is 4.99 Å². The lowest BCUT2D eigenvalue weighted by Crippen LogP contribution is -2.12. The van der Waals surface area contributed by atoms with Crippen LogP contribution < -0.4 is 0 Å². The number of benzene rings is 1. The van der Waals surface area contributed by atoms with Gasteiger partial charge >= 0.3 is 5.97 Å². The first-order valence-electron chi connectivity index (χ1n) is 6.49. The van der Waals surface area contributed by atoms with E-state index in [0.717, 1.165) is 35.1 Å². The summed E-state index contributed by atoms with van der Waals surface area (Å²) in [5.41, 5.74) is 2.05. The number of esters is 1. The Labute approximate surface area is 123 Å². The summed E-state index contributed by atoms with van der Waals surface area (Å²) in [6, 6.07) is 8.07. The zero-order valence-corrected chi connectivity index (χ0v) is 13.1. The molecule has 0 aliphatic rings. The van der Waals surface area contributed by atoms with Crippen molar-refractivity contribution in [1.29, 1.82) is 0 Å². The van der Waals surface area contributed by atoms with E-state index < -0.39 is 0 Å². The molecule has 0 saturated carbocycles. The molecule has 0 atom stereocenters. The number of halogens is 1. The number of nitrogens with zero attached hydrogens (tertiary/aromatic N) is 1. The van der Waals surface area contributed by atoms with Crippen LogP contribution in [0.4, 0.5) is 0 Å². The predicted octanol–water partition coefficient (Wildman–Crippen LogP) is 3.80. The number of aliphatic imine (C=N–C) groups is 1. The number of hydrogen-bond donors (Lipinski definition) is 0. The van der Waals surface area contributed by atoms with E-state index in [4.69, 9.17) is 4.74 Å². The Morgan fingerprint density at radius 3 is 2.58 bits per heavy atom. The molecule has 0 aliphatic carbocycles. The van der Waals surface area contributed by atoms with Crippen LogP contribution in [0.5, 0.6) is 0 Å². The van der Waals surface area contributed by atoms with E-state index in [0.29, 0.717) is 6.42 Å². The Kier molecular flexibility index (Phi) is 7.41. The number of methoxy groups -OCH3 is 1. The van der Waals surface area contributed by atoms with Crippen molar-refractivity contribution in [2.75, 3.05) is 13.7 Å². The van der Waals surface area contributed by atoms with Crippen LogP contribution in [0.3, 0.4) is 0 Å². The highest BCUT2D eigenvalue weighted by molar-refractivity contribution is 9.10. The molecule has 104 valence electrons. The minimum atomic E-state index is -0.229. The summed E-state index contributed by atoms with van der Waals surface area (Å²) in [6.07, 6.45) is 3.13. The summed E-state index contributed by atoms with van der Waals surface area (Å²) in [5.74, 6) is -0.229. The predicted molar refractivity (Wildman–Crippen MR) is 81.7 cm³/mol. The molecule has 0 fully saturated rings. The Morgan fingerprint density at radius 1 is 1.32 bits per heavy atom. The molecule has 0 spiro atoms. The molecule has 4 heteroatoms. The molecule has 0 radical (unpaired) electrons. The van der Waals surface area contributed by atoms with Gasteiger partial charge in [-0.2, -0.15) is 0 Å². The summed E-state index contributed by atoms with van der Waals surface area (Å²) in [5, 5.41) is 0. The molecule has 0 saturated heterocycles. The van der Waals surface area contributed by atoms with Gasteiger partial charge in [-0.25, -0.2) is 0 Å². The minimum absolute atomic E-state index is 0.229. The first-order chi connectivity index (χ1) is 9.15. The summed E-state index contributed by atoms with van der Waals surface area (Å²) < 4.78 is 5.77. The van der Waals surface area contributed by atoms with Gasteiger partial charge in [-0.1, -0.05) is 41.4 Å². The van der Waals surface area contributed by atoms with Crippen LogP contribution in [-0.4, -0.2) is 25.3 Å². The molecule has 1 rings (SSSR count). The van der Waals surface area contributed by atoms with Crippen LogP contribution >= 0.6 is 15.9 Å². The molecule has 3 nitrogen and oxygen atoms in total. The average molecular weight is 326 g/mol. The van der Waals surface area contributed by atoms with Gasteiger partial charge in [0.05, 0.1) is 13.5 Å². The second kappa shape index (κ2) is 8.86. The van der Waals surface area contributed by atoms with Gasteiger partial charge in [-0.15, -0.1) is 0 Å². The minimum Gasteiger partial charge on any atom is -0.469 e. The third-order valence-electron chi connectivity index (χ3n) is 2.74. The van der Waals surface area contributed by atoms with E-state index in [1.54, 1.807) is 0 Å². The highest BCUT2D eigenvalue weighted by Gasteiger charge is 2.08. The average Bonchev–Trinajstić information content (AvgIpc) is 2.41. The SMILES string of the molecule is CCCCN=C(CC(=O)OC)Cc1ccc(Br)cc1. The van der Waals surface area contributed by atoms with Gasteiger partial charge in [0, 0.05) is 23.1 Å². The van der Waals surface area contributed by atoms with Gasteiger partial charge in [0.2, 0.25) is 0 Å². The maximum absolute atomic E-state index is 11.4. The Hall–Kier alpha value is -1.16. The van der Waals surface area contributed by atoms with Crippen molar-refractivity contribution in [3.8, 4) is 0 Å². The molecule has 1 aromatic rings. The van der Waals surface area contributed by atoms with Gasteiger partial charge in [0.15, 0.2) is 0 Å². The fourth-order valence-corrected chi connectivity index (χ4v) is 1.91. The molecule has 0 aromatic heterocycles. The van der Waals surface area contributed by atoms with Crippen LogP contribution in [0.1, 0.15) is 31.7 Å². The lowest BCUT2D eigenvalue weighted by Gasteiger charge is -2.06. The van der Waals surface area contributed by atoms with E-state index in [9.17, 15) is 4.79 Å². The highest BCUT2D eigenvalue weighted by atomic mass is 79.9. The van der Waals surface area contributed by atoms with E-state index in [1.807, 2.05) is 24.3 Å². The van der Waals surface area contributed by atoms with Crippen molar-refractivity contribution < 1.29 is 9.53 Å². The Bertz CT molecular complexity index is 426. The molecule has 0 bridgehead atoms. The lowest BCUT2D eigenvalue weighted by molar-refractivity contribution is -0.139. The Morgan fingerprint density at radius 2 is 2.00 bits per heavy atom. The first kappa shape index (κ1) is 15.9. The monoisotopic (exact) mass is 325 g/mol. The van der Waals surface area contributed by atoms with Crippen molar-refractivity contribution in [3.05, 3.63) is 34.3 Å². The summed E-state index contributed by atoms with van der Waals surface area (Å²) >= 11 is 3.41. The van der Waals surface area contributed by atoms with E-state index in [-0.39, 0.29) is 12.4 Å². The molecule has 0 amide bonds. The number of carbonyl (C=O) groups excluding carboxylic acids is 1. The second-order valence-corrected chi connectivity index (χ2v) is 5.27. The lowest BCUT2D eigenvalue weighted by atomic mass is 10.1. The van der Waals surface area contributed by atoms with Gasteiger partial charge in [0.25, 0.3) is 0 Å². The van der Waals surface area contributed by atoms with Crippen molar-refractivity contribution in [2.45, 2.75) is 32.6 Å². The smallest absolute Gasteiger partial charge is 0.311 e. The van der Waals surface area contributed by atoms with Crippen LogP contribution in [0.2, 0.25) is 0 Å². The topological polar surface area (TPSA) is 38.7 Å². The van der Waals surface area contributed by atoms with Crippen LogP contribution in [0, 0.1) is 0 Å². The van der Waals surface area contributed by atoms with E-state index in [2.05, 4.69) is 27.8 Å². The molecule has 1 aromatic carbocycles. The van der Waals surface area contributed by atoms with Gasteiger partial charge in [-0.05, 0) is 24.1 Å². The third kappa shape index (κ3) is 6.53. The standard InChI is InChI=1S/C15H20BrNO2/c1-3-4-9-17-14(11-15(18)19-2)10-12-5-7-13(16)8-6-12/h5-8H,3-4,9-11H2,1-2H3. The molecule has 0 unspecified atom stereocenters. The van der Waals surface area contributed by atoms with Crippen LogP contribution in [-0.2, 0) is 16.0 Å². The maximum Gasteiger partial charge on any atom is 0.311 e. The van der Waals surface area contributed by atoms with Crippen LogP contribution in [0.25, 0.3) is 0 Å². The summed E-state index contributed by atoms with van der Waals surface area (Å²) in [7, 11) is 1.41. The normalized spacial score (nSPS) is 11.4. The van der Waals surface area contributed by atoms with Crippen molar-refractivity contribution >= 4 is 27.6 Å².